The normalized spacial score (nSPS) is 16.5. The molecule has 1 aliphatic heterocycles. The van der Waals surface area contributed by atoms with Crippen molar-refractivity contribution in [3.63, 3.8) is 0 Å². The van der Waals surface area contributed by atoms with Gasteiger partial charge in [0.15, 0.2) is 5.16 Å². The van der Waals surface area contributed by atoms with Crippen molar-refractivity contribution in [1.29, 1.82) is 0 Å². The lowest BCUT2D eigenvalue weighted by Crippen LogP contribution is -2.05. The summed E-state index contributed by atoms with van der Waals surface area (Å²) in [4.78, 5) is 21.1. The summed E-state index contributed by atoms with van der Waals surface area (Å²) in [6.07, 6.45) is 1.81. The number of imidazole rings is 1. The van der Waals surface area contributed by atoms with Crippen LogP contribution < -0.4 is 0 Å². The van der Waals surface area contributed by atoms with Crippen LogP contribution in [0.2, 0.25) is 0 Å². The molecule has 1 unspecified atom stereocenters. The number of hydrogen-bond donors (Lipinski definition) is 0. The van der Waals surface area contributed by atoms with Crippen molar-refractivity contribution in [2.24, 2.45) is 0 Å². The van der Waals surface area contributed by atoms with Crippen LogP contribution in [0.25, 0.3) is 11.0 Å². The number of pyridine rings is 1. The Kier molecular flexibility index (Phi) is 3.34. The van der Waals surface area contributed by atoms with E-state index in [0.717, 1.165) is 34.0 Å². The topological polar surface area (TPSA) is 57.0 Å². The van der Waals surface area contributed by atoms with Gasteiger partial charge in [-0.15, -0.1) is 0 Å². The molecule has 0 fully saturated rings. The van der Waals surface area contributed by atoms with E-state index < -0.39 is 0 Å². The lowest BCUT2D eigenvalue weighted by atomic mass is 10.1. The second-order valence-corrected chi connectivity index (χ2v) is 6.68. The first-order chi connectivity index (χ1) is 11.2. The molecule has 0 aliphatic carbocycles. The number of ether oxygens (including phenoxy) is 1. The van der Waals surface area contributed by atoms with Gasteiger partial charge in [-0.1, -0.05) is 17.8 Å². The molecule has 0 radical (unpaired) electrons. The molecule has 5 nitrogen and oxygen atoms in total. The van der Waals surface area contributed by atoms with Gasteiger partial charge in [0.05, 0.1) is 34.7 Å². The van der Waals surface area contributed by atoms with Crippen molar-refractivity contribution in [2.75, 3.05) is 7.11 Å². The molecule has 0 saturated heterocycles. The van der Waals surface area contributed by atoms with E-state index in [1.165, 1.54) is 7.11 Å². The molecule has 23 heavy (non-hydrogen) atoms. The van der Waals surface area contributed by atoms with Crippen molar-refractivity contribution in [3.05, 3.63) is 53.3 Å². The quantitative estimate of drug-likeness (QED) is 0.676. The molecule has 0 saturated carbocycles. The van der Waals surface area contributed by atoms with Gasteiger partial charge in [0.2, 0.25) is 0 Å². The zero-order chi connectivity index (χ0) is 16.0. The third kappa shape index (κ3) is 2.30. The lowest BCUT2D eigenvalue weighted by Gasteiger charge is -2.08. The minimum atomic E-state index is -0.313. The van der Waals surface area contributed by atoms with Gasteiger partial charge in [-0.2, -0.15) is 0 Å². The minimum absolute atomic E-state index is 0.256. The fourth-order valence-electron chi connectivity index (χ4n) is 2.90. The second kappa shape index (κ2) is 5.38. The van der Waals surface area contributed by atoms with Crippen LogP contribution in [-0.4, -0.2) is 27.6 Å². The maximum atomic E-state index is 11.9. The van der Waals surface area contributed by atoms with Crippen molar-refractivity contribution in [2.45, 2.75) is 23.9 Å². The first kappa shape index (κ1) is 14.3. The number of benzene rings is 1. The van der Waals surface area contributed by atoms with Gasteiger partial charge in [0.25, 0.3) is 0 Å². The predicted octanol–water partition coefficient (Wildman–Crippen LogP) is 3.37. The fourth-order valence-corrected chi connectivity index (χ4v) is 4.09. The van der Waals surface area contributed by atoms with Gasteiger partial charge in [0.1, 0.15) is 0 Å². The highest BCUT2D eigenvalue weighted by Gasteiger charge is 2.28. The molecule has 6 heteroatoms. The van der Waals surface area contributed by atoms with Crippen LogP contribution in [0.3, 0.4) is 0 Å². The third-order valence-corrected chi connectivity index (χ3v) is 5.28. The van der Waals surface area contributed by atoms with E-state index in [9.17, 15) is 4.79 Å². The summed E-state index contributed by atoms with van der Waals surface area (Å²) in [6, 6.07) is 9.79. The first-order valence-electron chi connectivity index (χ1n) is 7.34. The molecule has 1 aromatic carbocycles. The standard InChI is InChI=1S/C17H15N3O2S/c1-10-7-13-14(8-11(10)16(21)22-2)20-9-15(23-17(20)19-13)12-5-3-4-6-18-12/h3-8,15H,9H2,1-2H3. The molecule has 3 aromatic rings. The summed E-state index contributed by atoms with van der Waals surface area (Å²) < 4.78 is 7.03. The zero-order valence-corrected chi connectivity index (χ0v) is 13.6. The van der Waals surface area contributed by atoms with E-state index in [4.69, 9.17) is 9.72 Å². The fraction of sp³-hybridized carbons (Fsp3) is 0.235. The largest absolute Gasteiger partial charge is 0.465 e. The highest BCUT2D eigenvalue weighted by molar-refractivity contribution is 7.99. The van der Waals surface area contributed by atoms with Gasteiger partial charge < -0.3 is 9.30 Å². The molecule has 0 bridgehead atoms. The van der Waals surface area contributed by atoms with Crippen LogP contribution in [0.5, 0.6) is 0 Å². The van der Waals surface area contributed by atoms with E-state index in [1.807, 2.05) is 43.5 Å². The molecule has 2 aromatic heterocycles. The van der Waals surface area contributed by atoms with Gasteiger partial charge in [0, 0.05) is 12.7 Å². The Hall–Kier alpha value is -2.34. The van der Waals surface area contributed by atoms with Crippen molar-refractivity contribution < 1.29 is 9.53 Å². The lowest BCUT2D eigenvalue weighted by molar-refractivity contribution is 0.0600. The Bertz CT molecular complexity index is 905. The molecule has 116 valence electrons. The Balaban J connectivity index is 1.77. The number of rotatable bonds is 2. The number of nitrogens with zero attached hydrogens (tertiary/aromatic N) is 3. The highest BCUT2D eigenvalue weighted by atomic mass is 32.2. The number of aryl methyl sites for hydroxylation is 1. The maximum Gasteiger partial charge on any atom is 0.338 e. The predicted molar refractivity (Wildman–Crippen MR) is 88.6 cm³/mol. The maximum absolute atomic E-state index is 11.9. The van der Waals surface area contributed by atoms with E-state index in [-0.39, 0.29) is 11.2 Å². The SMILES string of the molecule is COC(=O)c1cc2c(cc1C)nc1n2CC(c2ccccn2)S1. The van der Waals surface area contributed by atoms with Gasteiger partial charge in [-0.05, 0) is 36.8 Å². The van der Waals surface area contributed by atoms with Gasteiger partial charge in [-0.3, -0.25) is 4.98 Å². The van der Waals surface area contributed by atoms with Crippen LogP contribution in [-0.2, 0) is 11.3 Å². The molecule has 1 aliphatic rings. The van der Waals surface area contributed by atoms with Gasteiger partial charge >= 0.3 is 5.97 Å². The molecule has 0 N–H and O–H groups in total. The number of fused-ring (bicyclic) bond motifs is 3. The van der Waals surface area contributed by atoms with Gasteiger partial charge in [-0.25, -0.2) is 9.78 Å². The Labute approximate surface area is 137 Å². The molecule has 1 atom stereocenters. The summed E-state index contributed by atoms with van der Waals surface area (Å²) in [5.74, 6) is -0.313. The summed E-state index contributed by atoms with van der Waals surface area (Å²) in [5, 5.41) is 1.23. The molecular weight excluding hydrogens is 310 g/mol. The zero-order valence-electron chi connectivity index (χ0n) is 12.8. The first-order valence-corrected chi connectivity index (χ1v) is 8.22. The third-order valence-electron chi connectivity index (χ3n) is 4.08. The Morgan fingerprint density at radius 2 is 2.26 bits per heavy atom. The molecule has 3 heterocycles. The molecular formula is C17H15N3O2S. The number of carbonyl (C=O) groups excluding carboxylic acids is 1. The van der Waals surface area contributed by atoms with Crippen LogP contribution in [0, 0.1) is 6.92 Å². The van der Waals surface area contributed by atoms with E-state index in [1.54, 1.807) is 11.8 Å². The summed E-state index contributed by atoms with van der Waals surface area (Å²) >= 11 is 1.71. The smallest absolute Gasteiger partial charge is 0.338 e. The number of thioether (sulfide) groups is 1. The van der Waals surface area contributed by atoms with Crippen LogP contribution in [0.1, 0.15) is 26.9 Å². The monoisotopic (exact) mass is 325 g/mol. The van der Waals surface area contributed by atoms with Crippen LogP contribution in [0.15, 0.2) is 41.7 Å². The molecule has 0 spiro atoms. The summed E-state index contributed by atoms with van der Waals surface area (Å²) in [6.45, 7) is 2.71. The number of aromatic nitrogens is 3. The number of hydrogen-bond acceptors (Lipinski definition) is 5. The number of methoxy groups -OCH3 is 1. The van der Waals surface area contributed by atoms with E-state index >= 15 is 0 Å². The van der Waals surface area contributed by atoms with Crippen LogP contribution >= 0.6 is 11.8 Å². The molecule has 4 rings (SSSR count). The average molecular weight is 325 g/mol. The number of esters is 1. The second-order valence-electron chi connectivity index (χ2n) is 5.51. The van der Waals surface area contributed by atoms with E-state index in [0.29, 0.717) is 5.56 Å². The minimum Gasteiger partial charge on any atom is -0.465 e. The van der Waals surface area contributed by atoms with E-state index in [2.05, 4.69) is 9.55 Å². The average Bonchev–Trinajstić information content (AvgIpc) is 3.11. The van der Waals surface area contributed by atoms with Crippen molar-refractivity contribution >= 4 is 28.8 Å². The van der Waals surface area contributed by atoms with Crippen molar-refractivity contribution in [3.8, 4) is 0 Å². The Morgan fingerprint density at radius 3 is 3.00 bits per heavy atom. The van der Waals surface area contributed by atoms with Crippen molar-refractivity contribution in [1.82, 2.24) is 14.5 Å². The molecule has 0 amide bonds. The van der Waals surface area contributed by atoms with Crippen LogP contribution in [0.4, 0.5) is 0 Å². The summed E-state index contributed by atoms with van der Waals surface area (Å²) in [7, 11) is 1.40. The Morgan fingerprint density at radius 1 is 1.39 bits per heavy atom. The highest BCUT2D eigenvalue weighted by Crippen LogP contribution is 2.43. The summed E-state index contributed by atoms with van der Waals surface area (Å²) in [5.41, 5.74) is 4.41. The number of carbonyl (C=O) groups is 1.